The third kappa shape index (κ3) is 8.23. The quantitative estimate of drug-likeness (QED) is 0.309. The molecule has 0 saturated heterocycles. The van der Waals surface area contributed by atoms with E-state index in [4.69, 9.17) is 23.2 Å². The Labute approximate surface area is 253 Å². The number of hydrogen-bond donors (Lipinski definition) is 1. The van der Waals surface area contributed by atoms with Crippen LogP contribution in [0, 0.1) is 13.8 Å². The van der Waals surface area contributed by atoms with E-state index in [2.05, 4.69) is 5.32 Å². The first kappa shape index (κ1) is 32.4. The molecule has 11 heteroatoms. The fourth-order valence-electron chi connectivity index (χ4n) is 4.37. The number of likely N-dealkylation sites (N-methyl/N-ethyl adjacent to an activating group) is 1. The minimum Gasteiger partial charge on any atom is -0.355 e. The molecule has 0 bridgehead atoms. The molecule has 0 radical (unpaired) electrons. The highest BCUT2D eigenvalue weighted by molar-refractivity contribution is 7.90. The summed E-state index contributed by atoms with van der Waals surface area (Å²) in [4.78, 5) is 29.2. The Balaban J connectivity index is 2.14. The van der Waals surface area contributed by atoms with Crippen molar-refractivity contribution in [1.82, 2.24) is 14.5 Å². The zero-order valence-electron chi connectivity index (χ0n) is 23.9. The number of benzene rings is 3. The van der Waals surface area contributed by atoms with E-state index in [9.17, 15) is 18.0 Å². The third-order valence-corrected chi connectivity index (χ3v) is 9.02. The summed E-state index contributed by atoms with van der Waals surface area (Å²) in [6.07, 6.45) is 0.216. The van der Waals surface area contributed by atoms with Crippen molar-refractivity contribution in [1.29, 1.82) is 0 Å². The number of halogens is 2. The van der Waals surface area contributed by atoms with E-state index in [1.807, 2.05) is 49.4 Å². The molecule has 0 aromatic heterocycles. The van der Waals surface area contributed by atoms with E-state index in [1.54, 1.807) is 38.1 Å². The summed E-state index contributed by atoms with van der Waals surface area (Å²) >= 11 is 12.6. The molecule has 0 aliphatic rings. The van der Waals surface area contributed by atoms with Gasteiger partial charge in [-0.25, -0.2) is 4.31 Å². The van der Waals surface area contributed by atoms with Gasteiger partial charge in [0, 0.05) is 43.7 Å². The van der Waals surface area contributed by atoms with Gasteiger partial charge >= 0.3 is 10.2 Å². The van der Waals surface area contributed by atoms with Crippen molar-refractivity contribution >= 4 is 50.9 Å². The van der Waals surface area contributed by atoms with E-state index in [0.717, 1.165) is 19.7 Å². The minimum atomic E-state index is -4.09. The summed E-state index contributed by atoms with van der Waals surface area (Å²) in [5.41, 5.74) is 3.32. The smallest absolute Gasteiger partial charge is 0.304 e. The van der Waals surface area contributed by atoms with Crippen molar-refractivity contribution < 1.29 is 18.0 Å². The second-order valence-corrected chi connectivity index (χ2v) is 12.9. The van der Waals surface area contributed by atoms with Crippen molar-refractivity contribution in [3.63, 3.8) is 0 Å². The predicted molar refractivity (Wildman–Crippen MR) is 165 cm³/mol. The standard InChI is InChI=1S/C30H36Cl2N4O4S/c1-6-33-30(38)28(17-23-10-8-7-9-11-23)35(19-24-14-15-25(31)18-26(24)32)29(37)20-36(41(39,40)34(4)5)27-16-21(2)12-13-22(27)3/h7-16,18,28H,6,17,19-20H2,1-5H3,(H,33,38)/t28-/m0/s1. The molecule has 220 valence electrons. The minimum absolute atomic E-state index is 0.0356. The zero-order chi connectivity index (χ0) is 30.3. The Bertz CT molecular complexity index is 1480. The average molecular weight is 620 g/mol. The zero-order valence-corrected chi connectivity index (χ0v) is 26.2. The number of rotatable bonds is 12. The summed E-state index contributed by atoms with van der Waals surface area (Å²) in [5.74, 6) is -0.918. The van der Waals surface area contributed by atoms with Crippen LogP contribution in [-0.2, 0) is 32.8 Å². The molecule has 0 aliphatic heterocycles. The van der Waals surface area contributed by atoms with Crippen LogP contribution in [-0.4, -0.2) is 62.7 Å². The number of anilines is 1. The Kier molecular flexibility index (Phi) is 11.2. The predicted octanol–water partition coefficient (Wildman–Crippen LogP) is 5.00. The second kappa shape index (κ2) is 14.2. The Morgan fingerprint density at radius 3 is 2.24 bits per heavy atom. The summed E-state index contributed by atoms with van der Waals surface area (Å²) < 4.78 is 29.3. The molecular weight excluding hydrogens is 583 g/mol. The van der Waals surface area contributed by atoms with Crippen LogP contribution >= 0.6 is 23.2 Å². The van der Waals surface area contributed by atoms with Gasteiger partial charge in [0.15, 0.2) is 0 Å². The van der Waals surface area contributed by atoms with Crippen LogP contribution in [0.15, 0.2) is 66.7 Å². The van der Waals surface area contributed by atoms with Gasteiger partial charge in [-0.2, -0.15) is 12.7 Å². The maximum absolute atomic E-state index is 14.3. The van der Waals surface area contributed by atoms with Crippen LogP contribution in [0.3, 0.4) is 0 Å². The highest BCUT2D eigenvalue weighted by Gasteiger charge is 2.35. The molecule has 1 N–H and O–H groups in total. The monoisotopic (exact) mass is 618 g/mol. The lowest BCUT2D eigenvalue weighted by atomic mass is 10.0. The molecule has 41 heavy (non-hydrogen) atoms. The summed E-state index contributed by atoms with van der Waals surface area (Å²) in [6, 6.07) is 18.7. The fraction of sp³-hybridized carbons (Fsp3) is 0.333. The van der Waals surface area contributed by atoms with Gasteiger partial charge in [0.1, 0.15) is 12.6 Å². The van der Waals surface area contributed by atoms with Gasteiger partial charge in [-0.3, -0.25) is 9.59 Å². The van der Waals surface area contributed by atoms with Gasteiger partial charge in [0.25, 0.3) is 0 Å². The number of nitrogens with one attached hydrogen (secondary N) is 1. The highest BCUT2D eigenvalue weighted by Crippen LogP contribution is 2.28. The van der Waals surface area contributed by atoms with Crippen molar-refractivity contribution in [3.8, 4) is 0 Å². The first-order valence-electron chi connectivity index (χ1n) is 13.2. The molecule has 3 aromatic rings. The normalized spacial score (nSPS) is 12.2. The fourth-order valence-corrected chi connectivity index (χ4v) is 5.95. The van der Waals surface area contributed by atoms with Crippen molar-refractivity contribution in [2.75, 3.05) is 31.5 Å². The van der Waals surface area contributed by atoms with Crippen molar-refractivity contribution in [2.24, 2.45) is 0 Å². The average Bonchev–Trinajstić information content (AvgIpc) is 2.92. The summed E-state index contributed by atoms with van der Waals surface area (Å²) in [5, 5.41) is 3.59. The second-order valence-electron chi connectivity index (χ2n) is 9.94. The maximum Gasteiger partial charge on any atom is 0.304 e. The van der Waals surface area contributed by atoms with Gasteiger partial charge in [0.05, 0.1) is 5.69 Å². The number of nitrogens with zero attached hydrogens (tertiary/aromatic N) is 3. The molecule has 0 fully saturated rings. The van der Waals surface area contributed by atoms with E-state index in [0.29, 0.717) is 33.4 Å². The summed E-state index contributed by atoms with van der Waals surface area (Å²) in [6.45, 7) is 5.23. The van der Waals surface area contributed by atoms with Crippen LogP contribution in [0.1, 0.15) is 29.2 Å². The van der Waals surface area contributed by atoms with Crippen molar-refractivity contribution in [2.45, 2.75) is 39.8 Å². The van der Waals surface area contributed by atoms with Crippen LogP contribution < -0.4 is 9.62 Å². The number of amides is 2. The molecule has 0 heterocycles. The molecule has 2 amide bonds. The Hall–Kier alpha value is -3.11. The molecule has 0 spiro atoms. The van der Waals surface area contributed by atoms with E-state index < -0.39 is 28.7 Å². The van der Waals surface area contributed by atoms with E-state index >= 15 is 0 Å². The third-order valence-electron chi connectivity index (χ3n) is 6.63. The summed E-state index contributed by atoms with van der Waals surface area (Å²) in [7, 11) is -1.26. The Morgan fingerprint density at radius 1 is 0.951 bits per heavy atom. The van der Waals surface area contributed by atoms with Crippen LogP contribution in [0.2, 0.25) is 10.0 Å². The van der Waals surface area contributed by atoms with E-state index in [-0.39, 0.29) is 18.9 Å². The number of carbonyl (C=O) groups is 2. The van der Waals surface area contributed by atoms with Crippen LogP contribution in [0.25, 0.3) is 0 Å². The first-order valence-corrected chi connectivity index (χ1v) is 15.3. The molecule has 0 saturated carbocycles. The lowest BCUT2D eigenvalue weighted by Gasteiger charge is -2.35. The largest absolute Gasteiger partial charge is 0.355 e. The number of aryl methyl sites for hydroxylation is 2. The SMILES string of the molecule is CCNC(=O)[C@H](Cc1ccccc1)N(Cc1ccc(Cl)cc1Cl)C(=O)CN(c1cc(C)ccc1C)S(=O)(=O)N(C)C. The van der Waals surface area contributed by atoms with Crippen molar-refractivity contribution in [3.05, 3.63) is 99.0 Å². The maximum atomic E-state index is 14.3. The van der Waals surface area contributed by atoms with Crippen LogP contribution in [0.5, 0.6) is 0 Å². The molecule has 8 nitrogen and oxygen atoms in total. The van der Waals surface area contributed by atoms with Gasteiger partial charge in [-0.15, -0.1) is 0 Å². The number of hydrogen-bond acceptors (Lipinski definition) is 4. The topological polar surface area (TPSA) is 90.0 Å². The molecule has 3 rings (SSSR count). The number of carbonyl (C=O) groups excluding carboxylic acids is 2. The molecular formula is C30H36Cl2N4O4S. The van der Waals surface area contributed by atoms with Gasteiger partial charge in [0.2, 0.25) is 11.8 Å². The highest BCUT2D eigenvalue weighted by atomic mass is 35.5. The first-order chi connectivity index (χ1) is 19.3. The molecule has 1 atom stereocenters. The van der Waals surface area contributed by atoms with E-state index in [1.165, 1.54) is 19.0 Å². The molecule has 0 aliphatic carbocycles. The Morgan fingerprint density at radius 2 is 1.63 bits per heavy atom. The molecule has 3 aromatic carbocycles. The lowest BCUT2D eigenvalue weighted by molar-refractivity contribution is -0.140. The van der Waals surface area contributed by atoms with Gasteiger partial charge in [-0.1, -0.05) is 71.7 Å². The van der Waals surface area contributed by atoms with Crippen LogP contribution in [0.4, 0.5) is 5.69 Å². The van der Waals surface area contributed by atoms with Gasteiger partial charge in [-0.05, 0) is 61.2 Å². The molecule has 0 unspecified atom stereocenters. The van der Waals surface area contributed by atoms with Gasteiger partial charge < -0.3 is 10.2 Å². The lowest BCUT2D eigenvalue weighted by Crippen LogP contribution is -2.54.